The molecule has 0 aromatic heterocycles. The molecule has 1 fully saturated rings. The van der Waals surface area contributed by atoms with Crippen LogP contribution in [0.3, 0.4) is 0 Å². The second kappa shape index (κ2) is 4.87. The lowest BCUT2D eigenvalue weighted by molar-refractivity contribution is -0.147. The first kappa shape index (κ1) is 12.1. The standard InChI is InChI=1S/C12H16O5/c1-3-9-8-6-15-10(13)4-5-11(14)17-12(8)7(2)16-9/h4-5,7-9,12H,3,6H2,1-2H3/b5-4-/t7-,8?,9+,12+/m0/s1. The lowest BCUT2D eigenvalue weighted by Crippen LogP contribution is -2.34. The smallest absolute Gasteiger partial charge is 0.331 e. The Kier molecular flexibility index (Phi) is 3.47. The van der Waals surface area contributed by atoms with E-state index in [4.69, 9.17) is 14.2 Å². The van der Waals surface area contributed by atoms with Crippen LogP contribution in [0.15, 0.2) is 12.2 Å². The van der Waals surface area contributed by atoms with Crippen molar-refractivity contribution in [1.82, 2.24) is 0 Å². The van der Waals surface area contributed by atoms with E-state index in [0.29, 0.717) is 0 Å². The maximum atomic E-state index is 11.4. The van der Waals surface area contributed by atoms with Crippen LogP contribution in [0, 0.1) is 5.92 Å². The molecular formula is C12H16O5. The van der Waals surface area contributed by atoms with Gasteiger partial charge in [-0.1, -0.05) is 6.92 Å². The minimum atomic E-state index is -0.522. The second-order valence-electron chi connectivity index (χ2n) is 4.32. The molecule has 0 aliphatic carbocycles. The van der Waals surface area contributed by atoms with Crippen LogP contribution in [-0.4, -0.2) is 36.9 Å². The van der Waals surface area contributed by atoms with E-state index in [1.165, 1.54) is 0 Å². The van der Waals surface area contributed by atoms with Gasteiger partial charge in [0.15, 0.2) is 0 Å². The van der Waals surface area contributed by atoms with Crippen molar-refractivity contribution in [1.29, 1.82) is 0 Å². The highest BCUT2D eigenvalue weighted by atomic mass is 16.6. The fourth-order valence-corrected chi connectivity index (χ4v) is 2.33. The van der Waals surface area contributed by atoms with Gasteiger partial charge in [-0.2, -0.15) is 0 Å². The molecule has 0 bridgehead atoms. The molecule has 0 spiro atoms. The molecule has 4 atom stereocenters. The Balaban J connectivity index is 2.19. The SMILES string of the molecule is CC[C@H]1O[C@@H](C)[C@H]2OC(=O)/C=C\C(=O)OCC12. The molecule has 17 heavy (non-hydrogen) atoms. The van der Waals surface area contributed by atoms with Crippen LogP contribution in [-0.2, 0) is 23.8 Å². The Bertz CT molecular complexity index is 349. The quantitative estimate of drug-likeness (QED) is 0.635. The first-order valence-electron chi connectivity index (χ1n) is 5.82. The highest BCUT2D eigenvalue weighted by Gasteiger charge is 2.44. The third kappa shape index (κ3) is 2.49. The van der Waals surface area contributed by atoms with Crippen LogP contribution in [0.1, 0.15) is 20.3 Å². The van der Waals surface area contributed by atoms with E-state index < -0.39 is 11.9 Å². The summed E-state index contributed by atoms with van der Waals surface area (Å²) in [7, 11) is 0. The molecule has 0 radical (unpaired) electrons. The number of hydrogen-bond donors (Lipinski definition) is 0. The highest BCUT2D eigenvalue weighted by molar-refractivity contribution is 5.91. The van der Waals surface area contributed by atoms with E-state index in [9.17, 15) is 9.59 Å². The minimum Gasteiger partial charge on any atom is -0.462 e. The summed E-state index contributed by atoms with van der Waals surface area (Å²) in [5.74, 6) is -1.12. The molecule has 94 valence electrons. The average Bonchev–Trinajstić information content (AvgIpc) is 2.63. The van der Waals surface area contributed by atoms with Crippen LogP contribution in [0.25, 0.3) is 0 Å². The predicted molar refractivity (Wildman–Crippen MR) is 58.1 cm³/mol. The molecule has 0 aromatic carbocycles. The van der Waals surface area contributed by atoms with E-state index in [0.717, 1.165) is 18.6 Å². The summed E-state index contributed by atoms with van der Waals surface area (Å²) in [4.78, 5) is 22.7. The molecule has 2 rings (SSSR count). The molecule has 2 heterocycles. The van der Waals surface area contributed by atoms with Crippen molar-refractivity contribution in [2.45, 2.75) is 38.6 Å². The number of cyclic esters (lactones) is 1. The predicted octanol–water partition coefficient (Wildman–Crippen LogP) is 0.825. The van der Waals surface area contributed by atoms with Crippen LogP contribution >= 0.6 is 0 Å². The maximum absolute atomic E-state index is 11.4. The normalized spacial score (nSPS) is 39.4. The lowest BCUT2D eigenvalue weighted by atomic mass is 9.96. The van der Waals surface area contributed by atoms with Gasteiger partial charge in [-0.25, -0.2) is 9.59 Å². The van der Waals surface area contributed by atoms with Gasteiger partial charge in [0.05, 0.1) is 18.1 Å². The summed E-state index contributed by atoms with van der Waals surface area (Å²) >= 11 is 0. The number of esters is 2. The van der Waals surface area contributed by atoms with E-state index in [-0.39, 0.29) is 30.8 Å². The zero-order valence-electron chi connectivity index (χ0n) is 9.92. The maximum Gasteiger partial charge on any atom is 0.331 e. The Labute approximate surface area is 99.7 Å². The van der Waals surface area contributed by atoms with Crippen LogP contribution < -0.4 is 0 Å². The molecular weight excluding hydrogens is 224 g/mol. The Morgan fingerprint density at radius 1 is 1.29 bits per heavy atom. The Hall–Kier alpha value is -1.36. The van der Waals surface area contributed by atoms with Crippen molar-refractivity contribution in [3.05, 3.63) is 12.2 Å². The van der Waals surface area contributed by atoms with Crippen molar-refractivity contribution in [3.8, 4) is 0 Å². The fourth-order valence-electron chi connectivity index (χ4n) is 2.33. The molecule has 5 nitrogen and oxygen atoms in total. The van der Waals surface area contributed by atoms with Crippen molar-refractivity contribution < 1.29 is 23.8 Å². The van der Waals surface area contributed by atoms with Crippen LogP contribution in [0.2, 0.25) is 0 Å². The summed E-state index contributed by atoms with van der Waals surface area (Å²) in [5.41, 5.74) is 0. The number of rotatable bonds is 1. The van der Waals surface area contributed by atoms with Gasteiger partial charge in [-0.05, 0) is 13.3 Å². The summed E-state index contributed by atoms with van der Waals surface area (Å²) < 4.78 is 16.1. The summed E-state index contributed by atoms with van der Waals surface area (Å²) in [6.45, 7) is 4.09. The van der Waals surface area contributed by atoms with Gasteiger partial charge in [0.2, 0.25) is 0 Å². The highest BCUT2D eigenvalue weighted by Crippen LogP contribution is 2.32. The van der Waals surface area contributed by atoms with E-state index >= 15 is 0 Å². The number of fused-ring (bicyclic) bond motifs is 1. The minimum absolute atomic E-state index is 0.0336. The molecule has 2 aliphatic rings. The second-order valence-corrected chi connectivity index (χ2v) is 4.32. The van der Waals surface area contributed by atoms with Gasteiger partial charge in [0.1, 0.15) is 12.7 Å². The van der Waals surface area contributed by atoms with Crippen LogP contribution in [0.4, 0.5) is 0 Å². The van der Waals surface area contributed by atoms with Gasteiger partial charge in [-0.15, -0.1) is 0 Å². The summed E-state index contributed by atoms with van der Waals surface area (Å²) in [5, 5.41) is 0. The monoisotopic (exact) mass is 240 g/mol. The van der Waals surface area contributed by atoms with Crippen molar-refractivity contribution in [2.24, 2.45) is 5.92 Å². The molecule has 0 N–H and O–H groups in total. The van der Waals surface area contributed by atoms with Crippen molar-refractivity contribution in [3.63, 3.8) is 0 Å². The third-order valence-corrected chi connectivity index (χ3v) is 3.18. The average molecular weight is 240 g/mol. The summed E-state index contributed by atoms with van der Waals surface area (Å²) in [6, 6.07) is 0. The lowest BCUT2D eigenvalue weighted by Gasteiger charge is -2.21. The molecule has 0 saturated carbocycles. The Morgan fingerprint density at radius 3 is 2.71 bits per heavy atom. The molecule has 2 aliphatic heterocycles. The molecule has 5 heteroatoms. The number of hydrogen-bond acceptors (Lipinski definition) is 5. The Morgan fingerprint density at radius 2 is 2.00 bits per heavy atom. The molecule has 0 aromatic rings. The topological polar surface area (TPSA) is 61.8 Å². The largest absolute Gasteiger partial charge is 0.462 e. The molecule has 0 amide bonds. The van der Waals surface area contributed by atoms with Crippen molar-refractivity contribution >= 4 is 11.9 Å². The van der Waals surface area contributed by atoms with Gasteiger partial charge in [-0.3, -0.25) is 0 Å². The first-order valence-corrected chi connectivity index (χ1v) is 5.82. The molecule has 1 unspecified atom stereocenters. The number of carbonyl (C=O) groups is 2. The first-order chi connectivity index (χ1) is 8.11. The number of carbonyl (C=O) groups excluding carboxylic acids is 2. The van der Waals surface area contributed by atoms with E-state index in [1.54, 1.807) is 0 Å². The van der Waals surface area contributed by atoms with Gasteiger partial charge in [0.25, 0.3) is 0 Å². The van der Waals surface area contributed by atoms with Gasteiger partial charge in [0, 0.05) is 12.2 Å². The summed E-state index contributed by atoms with van der Waals surface area (Å²) in [6.07, 6.45) is 2.44. The van der Waals surface area contributed by atoms with E-state index in [1.807, 2.05) is 13.8 Å². The van der Waals surface area contributed by atoms with E-state index in [2.05, 4.69) is 0 Å². The van der Waals surface area contributed by atoms with Gasteiger partial charge >= 0.3 is 11.9 Å². The van der Waals surface area contributed by atoms with Gasteiger partial charge < -0.3 is 14.2 Å². The number of ether oxygens (including phenoxy) is 3. The zero-order chi connectivity index (χ0) is 12.4. The third-order valence-electron chi connectivity index (χ3n) is 3.18. The fraction of sp³-hybridized carbons (Fsp3) is 0.667. The zero-order valence-corrected chi connectivity index (χ0v) is 9.92. The molecule has 1 saturated heterocycles. The van der Waals surface area contributed by atoms with Crippen molar-refractivity contribution in [2.75, 3.05) is 6.61 Å². The van der Waals surface area contributed by atoms with Crippen LogP contribution in [0.5, 0.6) is 0 Å².